The van der Waals surface area contributed by atoms with Crippen LogP contribution in [0.15, 0.2) is 24.5 Å². The van der Waals surface area contributed by atoms with Crippen LogP contribution in [0, 0.1) is 6.92 Å². The summed E-state index contributed by atoms with van der Waals surface area (Å²) >= 11 is 1.87. The highest BCUT2D eigenvalue weighted by molar-refractivity contribution is 7.11. The number of carbonyl (C=O) groups excluding carboxylic acids is 1. The lowest BCUT2D eigenvalue weighted by atomic mass is 9.88. The van der Waals surface area contributed by atoms with Gasteiger partial charge >= 0.3 is 0 Å². The van der Waals surface area contributed by atoms with E-state index >= 15 is 0 Å². The zero-order chi connectivity index (χ0) is 19.7. The van der Waals surface area contributed by atoms with E-state index in [4.69, 9.17) is 4.74 Å². The van der Waals surface area contributed by atoms with E-state index in [9.17, 15) is 4.79 Å². The number of aryl methyl sites for hydroxylation is 1. The number of ether oxygens (including phenoxy) is 1. The third-order valence-electron chi connectivity index (χ3n) is 6.04. The average molecular weight is 403 g/mol. The Labute approximate surface area is 171 Å². The number of imidazole rings is 1. The summed E-state index contributed by atoms with van der Waals surface area (Å²) in [7, 11) is 0. The second-order valence-corrected chi connectivity index (χ2v) is 9.18. The number of hydrogen-bond donors (Lipinski definition) is 0. The van der Waals surface area contributed by atoms with Crippen LogP contribution in [-0.4, -0.2) is 57.5 Å². The molecule has 1 fully saturated rings. The van der Waals surface area contributed by atoms with Gasteiger partial charge in [-0.2, -0.15) is 0 Å². The highest BCUT2D eigenvalue weighted by Gasteiger charge is 2.47. The average Bonchev–Trinajstić information content (AvgIpc) is 3.34. The van der Waals surface area contributed by atoms with E-state index in [-0.39, 0.29) is 5.91 Å². The SMILES string of the molecule is CCN(CC)C(=O)C1Cn2ccnc2C2(CCN(Cc3ccc(C)s3)CC2)O1. The maximum Gasteiger partial charge on any atom is 0.253 e. The third kappa shape index (κ3) is 3.63. The van der Waals surface area contributed by atoms with E-state index < -0.39 is 11.7 Å². The summed E-state index contributed by atoms with van der Waals surface area (Å²) in [5, 5.41) is 0. The Morgan fingerprint density at radius 3 is 2.71 bits per heavy atom. The van der Waals surface area contributed by atoms with Gasteiger partial charge in [-0.15, -0.1) is 11.3 Å². The zero-order valence-electron chi connectivity index (χ0n) is 17.1. The number of nitrogens with zero attached hydrogens (tertiary/aromatic N) is 4. The van der Waals surface area contributed by atoms with Gasteiger partial charge in [-0.3, -0.25) is 9.69 Å². The van der Waals surface area contributed by atoms with E-state index in [1.807, 2.05) is 42.5 Å². The van der Waals surface area contributed by atoms with Gasteiger partial charge in [0.15, 0.2) is 6.10 Å². The van der Waals surface area contributed by atoms with Crippen molar-refractivity contribution in [1.82, 2.24) is 19.4 Å². The van der Waals surface area contributed by atoms with Crippen molar-refractivity contribution >= 4 is 17.2 Å². The maximum absolute atomic E-state index is 13.0. The number of amides is 1. The summed E-state index contributed by atoms with van der Waals surface area (Å²) in [6.07, 6.45) is 5.15. The molecule has 0 aromatic carbocycles. The summed E-state index contributed by atoms with van der Waals surface area (Å²) in [6, 6.07) is 4.42. The fourth-order valence-electron chi connectivity index (χ4n) is 4.47. The van der Waals surface area contributed by atoms with E-state index in [2.05, 4.69) is 33.5 Å². The molecule has 2 aliphatic rings. The van der Waals surface area contributed by atoms with Gasteiger partial charge < -0.3 is 14.2 Å². The van der Waals surface area contributed by atoms with Gasteiger partial charge in [0.1, 0.15) is 11.4 Å². The van der Waals surface area contributed by atoms with Crippen molar-refractivity contribution in [3.05, 3.63) is 40.1 Å². The molecule has 1 unspecified atom stereocenters. The van der Waals surface area contributed by atoms with Crippen molar-refractivity contribution in [3.8, 4) is 0 Å². The van der Waals surface area contributed by atoms with Gasteiger partial charge in [0.25, 0.3) is 5.91 Å². The minimum absolute atomic E-state index is 0.0974. The molecular formula is C21H30N4O2S. The first kappa shape index (κ1) is 19.6. The second kappa shape index (κ2) is 7.97. The van der Waals surface area contributed by atoms with Gasteiger partial charge in [-0.1, -0.05) is 0 Å². The standard InChI is InChI=1S/C21H30N4O2S/c1-4-24(5-2)19(26)18-15-25-13-10-22-20(25)21(27-18)8-11-23(12-9-21)14-17-7-6-16(3)28-17/h6-7,10,13,18H,4-5,8-9,11-12,14-15H2,1-3H3. The Kier molecular flexibility index (Phi) is 5.58. The topological polar surface area (TPSA) is 50.6 Å². The molecule has 2 aliphatic heterocycles. The van der Waals surface area contributed by atoms with E-state index in [0.717, 1.165) is 38.3 Å². The third-order valence-corrected chi connectivity index (χ3v) is 7.03. The molecule has 2 aromatic heterocycles. The molecule has 1 saturated heterocycles. The van der Waals surface area contributed by atoms with Crippen LogP contribution in [0.1, 0.15) is 42.3 Å². The first-order chi connectivity index (χ1) is 13.5. The molecule has 4 heterocycles. The van der Waals surface area contributed by atoms with Gasteiger partial charge in [-0.05, 0) is 45.7 Å². The van der Waals surface area contributed by atoms with Crippen molar-refractivity contribution in [2.75, 3.05) is 26.2 Å². The fraction of sp³-hybridized carbons (Fsp3) is 0.619. The fourth-order valence-corrected chi connectivity index (χ4v) is 5.40. The Balaban J connectivity index is 1.49. The molecule has 1 atom stereocenters. The summed E-state index contributed by atoms with van der Waals surface area (Å²) in [5.74, 6) is 1.09. The molecule has 0 saturated carbocycles. The zero-order valence-corrected chi connectivity index (χ0v) is 17.9. The second-order valence-electron chi connectivity index (χ2n) is 7.80. The van der Waals surface area contributed by atoms with Crippen LogP contribution >= 0.6 is 11.3 Å². The Hall–Kier alpha value is -1.70. The normalized spacial score (nSPS) is 21.6. The lowest BCUT2D eigenvalue weighted by Crippen LogP contribution is -2.54. The molecule has 1 spiro atoms. The minimum Gasteiger partial charge on any atom is -0.352 e. The summed E-state index contributed by atoms with van der Waals surface area (Å²) in [6.45, 7) is 11.1. The maximum atomic E-state index is 13.0. The number of thiophene rings is 1. The van der Waals surface area contributed by atoms with Crippen molar-refractivity contribution in [2.24, 2.45) is 0 Å². The number of carbonyl (C=O) groups is 1. The molecular weight excluding hydrogens is 372 g/mol. The van der Waals surface area contributed by atoms with Gasteiger partial charge in [0.05, 0.1) is 6.54 Å². The molecule has 28 heavy (non-hydrogen) atoms. The summed E-state index contributed by atoms with van der Waals surface area (Å²) in [4.78, 5) is 24.7. The largest absolute Gasteiger partial charge is 0.352 e. The van der Waals surface area contributed by atoms with Gasteiger partial charge in [-0.25, -0.2) is 4.98 Å². The highest BCUT2D eigenvalue weighted by Crippen LogP contribution is 2.40. The van der Waals surface area contributed by atoms with E-state index in [1.54, 1.807) is 0 Å². The predicted octanol–water partition coefficient (Wildman–Crippen LogP) is 3.01. The molecule has 7 heteroatoms. The van der Waals surface area contributed by atoms with Crippen molar-refractivity contribution in [2.45, 2.75) is 58.4 Å². The number of piperidine rings is 1. The quantitative estimate of drug-likeness (QED) is 0.771. The molecule has 4 rings (SSSR count). The molecule has 0 bridgehead atoms. The highest BCUT2D eigenvalue weighted by atomic mass is 32.1. The molecule has 1 amide bonds. The van der Waals surface area contributed by atoms with Gasteiger partial charge in [0, 0.05) is 54.9 Å². The number of fused-ring (bicyclic) bond motifs is 2. The molecule has 0 aliphatic carbocycles. The number of likely N-dealkylation sites (tertiary alicyclic amines) is 1. The molecule has 0 radical (unpaired) electrons. The monoisotopic (exact) mass is 402 g/mol. The van der Waals surface area contributed by atoms with Crippen LogP contribution in [0.2, 0.25) is 0 Å². The number of rotatable bonds is 5. The van der Waals surface area contributed by atoms with Crippen LogP contribution in [0.3, 0.4) is 0 Å². The molecule has 2 aromatic rings. The summed E-state index contributed by atoms with van der Waals surface area (Å²) < 4.78 is 8.68. The Bertz CT molecular complexity index is 818. The van der Waals surface area contributed by atoms with Crippen LogP contribution in [-0.2, 0) is 28.2 Å². The number of aromatic nitrogens is 2. The lowest BCUT2D eigenvalue weighted by molar-refractivity contribution is -0.181. The molecule has 152 valence electrons. The van der Waals surface area contributed by atoms with Crippen molar-refractivity contribution in [3.63, 3.8) is 0 Å². The first-order valence-electron chi connectivity index (χ1n) is 10.3. The van der Waals surface area contributed by atoms with Crippen molar-refractivity contribution < 1.29 is 9.53 Å². The number of hydrogen-bond acceptors (Lipinski definition) is 5. The van der Waals surface area contributed by atoms with E-state index in [0.29, 0.717) is 19.6 Å². The Morgan fingerprint density at radius 2 is 2.07 bits per heavy atom. The van der Waals surface area contributed by atoms with Crippen LogP contribution in [0.5, 0.6) is 0 Å². The van der Waals surface area contributed by atoms with Crippen LogP contribution in [0.4, 0.5) is 0 Å². The minimum atomic E-state index is -0.447. The van der Waals surface area contributed by atoms with Crippen LogP contribution < -0.4 is 0 Å². The van der Waals surface area contributed by atoms with E-state index in [1.165, 1.54) is 9.75 Å². The summed E-state index contributed by atoms with van der Waals surface area (Å²) in [5.41, 5.74) is -0.447. The smallest absolute Gasteiger partial charge is 0.253 e. The number of likely N-dealkylation sites (N-methyl/N-ethyl adjacent to an activating group) is 1. The van der Waals surface area contributed by atoms with Crippen molar-refractivity contribution in [1.29, 1.82) is 0 Å². The Morgan fingerprint density at radius 1 is 1.32 bits per heavy atom. The van der Waals surface area contributed by atoms with Gasteiger partial charge in [0.2, 0.25) is 0 Å². The molecule has 6 nitrogen and oxygen atoms in total. The lowest BCUT2D eigenvalue weighted by Gasteiger charge is -2.46. The first-order valence-corrected chi connectivity index (χ1v) is 11.1. The predicted molar refractivity (Wildman–Crippen MR) is 110 cm³/mol. The van der Waals surface area contributed by atoms with Crippen LogP contribution in [0.25, 0.3) is 0 Å². The molecule has 0 N–H and O–H groups in total.